The Bertz CT molecular complexity index is 646. The largest absolute Gasteiger partial charge is 0.387 e. The topological polar surface area (TPSA) is 111 Å². The SMILES string of the molecule is CNc1ccc([N+](=O)[O-])cc1S(=O)(=O)NC1CCOC1C. The molecule has 116 valence electrons. The van der Waals surface area contributed by atoms with Gasteiger partial charge in [-0.15, -0.1) is 0 Å². The van der Waals surface area contributed by atoms with E-state index in [0.29, 0.717) is 18.7 Å². The van der Waals surface area contributed by atoms with Crippen LogP contribution in [0.3, 0.4) is 0 Å². The number of non-ortho nitro benzene ring substituents is 1. The van der Waals surface area contributed by atoms with Gasteiger partial charge in [0, 0.05) is 25.8 Å². The van der Waals surface area contributed by atoms with Gasteiger partial charge >= 0.3 is 0 Å². The number of sulfonamides is 1. The summed E-state index contributed by atoms with van der Waals surface area (Å²) >= 11 is 0. The van der Waals surface area contributed by atoms with Crippen LogP contribution in [0.25, 0.3) is 0 Å². The molecule has 0 saturated carbocycles. The lowest BCUT2D eigenvalue weighted by Gasteiger charge is -2.17. The molecule has 0 amide bonds. The zero-order chi connectivity index (χ0) is 15.6. The molecule has 2 rings (SSSR count). The van der Waals surface area contributed by atoms with Crippen LogP contribution in [0, 0.1) is 10.1 Å². The first-order valence-electron chi connectivity index (χ1n) is 6.45. The third-order valence-electron chi connectivity index (χ3n) is 3.42. The van der Waals surface area contributed by atoms with E-state index in [1.54, 1.807) is 14.0 Å². The van der Waals surface area contributed by atoms with Crippen molar-refractivity contribution in [2.24, 2.45) is 0 Å². The first-order valence-corrected chi connectivity index (χ1v) is 7.93. The Morgan fingerprint density at radius 1 is 1.43 bits per heavy atom. The monoisotopic (exact) mass is 315 g/mol. The molecular formula is C12H17N3O5S. The highest BCUT2D eigenvalue weighted by Gasteiger charge is 2.31. The van der Waals surface area contributed by atoms with E-state index in [2.05, 4.69) is 10.0 Å². The van der Waals surface area contributed by atoms with Gasteiger partial charge in [-0.05, 0) is 19.4 Å². The molecule has 1 aromatic rings. The Hall–Kier alpha value is -1.71. The van der Waals surface area contributed by atoms with Crippen LogP contribution in [0.2, 0.25) is 0 Å². The van der Waals surface area contributed by atoms with Crippen molar-refractivity contribution in [1.82, 2.24) is 4.72 Å². The Kier molecular flexibility index (Phi) is 4.45. The Labute approximate surface area is 122 Å². The molecule has 0 spiro atoms. The second-order valence-electron chi connectivity index (χ2n) is 4.78. The summed E-state index contributed by atoms with van der Waals surface area (Å²) in [5.74, 6) is 0. The molecule has 9 heteroatoms. The molecule has 2 N–H and O–H groups in total. The minimum Gasteiger partial charge on any atom is -0.387 e. The molecule has 0 aliphatic carbocycles. The Morgan fingerprint density at radius 3 is 2.67 bits per heavy atom. The van der Waals surface area contributed by atoms with Crippen LogP contribution in [0.4, 0.5) is 11.4 Å². The van der Waals surface area contributed by atoms with Crippen molar-refractivity contribution >= 4 is 21.4 Å². The zero-order valence-corrected chi connectivity index (χ0v) is 12.5. The van der Waals surface area contributed by atoms with E-state index in [-0.39, 0.29) is 22.7 Å². The van der Waals surface area contributed by atoms with Crippen LogP contribution in [0.5, 0.6) is 0 Å². The lowest BCUT2D eigenvalue weighted by molar-refractivity contribution is -0.385. The molecule has 0 bridgehead atoms. The number of benzene rings is 1. The van der Waals surface area contributed by atoms with Gasteiger partial charge in [-0.2, -0.15) is 0 Å². The van der Waals surface area contributed by atoms with Gasteiger partial charge in [0.2, 0.25) is 10.0 Å². The van der Waals surface area contributed by atoms with Gasteiger partial charge in [0.25, 0.3) is 5.69 Å². The Balaban J connectivity index is 2.38. The predicted octanol–water partition coefficient (Wildman–Crippen LogP) is 1.09. The maximum Gasteiger partial charge on any atom is 0.270 e. The van der Waals surface area contributed by atoms with Gasteiger partial charge in [0.15, 0.2) is 0 Å². The second-order valence-corrected chi connectivity index (χ2v) is 6.46. The minimum atomic E-state index is -3.87. The van der Waals surface area contributed by atoms with Gasteiger partial charge in [0.1, 0.15) is 4.90 Å². The van der Waals surface area contributed by atoms with Crippen LogP contribution in [-0.4, -0.2) is 39.1 Å². The van der Waals surface area contributed by atoms with Crippen molar-refractivity contribution in [2.45, 2.75) is 30.4 Å². The number of anilines is 1. The molecule has 1 aromatic carbocycles. The molecule has 0 radical (unpaired) electrons. The standard InChI is InChI=1S/C12H17N3O5S/c1-8-10(5-6-20-8)14-21(18,19)12-7-9(15(16)17)3-4-11(12)13-2/h3-4,7-8,10,13-14H,5-6H2,1-2H3. The molecule has 1 aliphatic heterocycles. The summed E-state index contributed by atoms with van der Waals surface area (Å²) in [7, 11) is -2.32. The summed E-state index contributed by atoms with van der Waals surface area (Å²) in [5, 5.41) is 13.6. The average Bonchev–Trinajstić information content (AvgIpc) is 2.82. The molecular weight excluding hydrogens is 298 g/mol. The number of hydrogen-bond acceptors (Lipinski definition) is 6. The fourth-order valence-electron chi connectivity index (χ4n) is 2.20. The molecule has 1 saturated heterocycles. The quantitative estimate of drug-likeness (QED) is 0.621. The Morgan fingerprint density at radius 2 is 2.14 bits per heavy atom. The van der Waals surface area contributed by atoms with E-state index in [9.17, 15) is 18.5 Å². The second kappa shape index (κ2) is 5.96. The van der Waals surface area contributed by atoms with Crippen LogP contribution in [0.1, 0.15) is 13.3 Å². The highest BCUT2D eigenvalue weighted by molar-refractivity contribution is 7.89. The predicted molar refractivity (Wildman–Crippen MR) is 76.8 cm³/mol. The van der Waals surface area contributed by atoms with E-state index in [0.717, 1.165) is 6.07 Å². The van der Waals surface area contributed by atoms with Gasteiger partial charge in [-0.1, -0.05) is 0 Å². The molecule has 0 aromatic heterocycles. The zero-order valence-electron chi connectivity index (χ0n) is 11.7. The van der Waals surface area contributed by atoms with E-state index in [1.807, 2.05) is 0 Å². The van der Waals surface area contributed by atoms with E-state index in [4.69, 9.17) is 4.74 Å². The third kappa shape index (κ3) is 3.31. The van der Waals surface area contributed by atoms with Crippen molar-refractivity contribution < 1.29 is 18.1 Å². The third-order valence-corrected chi connectivity index (χ3v) is 4.95. The van der Waals surface area contributed by atoms with Crippen molar-refractivity contribution in [2.75, 3.05) is 19.0 Å². The summed E-state index contributed by atoms with van der Waals surface area (Å²) in [4.78, 5) is 10.1. The van der Waals surface area contributed by atoms with Gasteiger partial charge in [-0.3, -0.25) is 10.1 Å². The number of ether oxygens (including phenoxy) is 1. The molecule has 8 nitrogen and oxygen atoms in total. The fraction of sp³-hybridized carbons (Fsp3) is 0.500. The summed E-state index contributed by atoms with van der Waals surface area (Å²) in [6, 6.07) is 3.35. The molecule has 1 aliphatic rings. The summed E-state index contributed by atoms with van der Waals surface area (Å²) in [6.45, 7) is 2.27. The fourth-order valence-corrected chi connectivity index (χ4v) is 3.77. The van der Waals surface area contributed by atoms with Crippen LogP contribution >= 0.6 is 0 Å². The molecule has 1 fully saturated rings. The van der Waals surface area contributed by atoms with Crippen LogP contribution in [0.15, 0.2) is 23.1 Å². The number of nitro groups is 1. The number of nitrogens with zero attached hydrogens (tertiary/aromatic N) is 1. The van der Waals surface area contributed by atoms with Crippen LogP contribution in [-0.2, 0) is 14.8 Å². The van der Waals surface area contributed by atoms with Gasteiger partial charge in [0.05, 0.1) is 22.8 Å². The normalized spacial score (nSPS) is 22.2. The molecule has 2 atom stereocenters. The number of rotatable bonds is 5. The number of hydrogen-bond donors (Lipinski definition) is 2. The van der Waals surface area contributed by atoms with Crippen LogP contribution < -0.4 is 10.0 Å². The molecule has 1 heterocycles. The van der Waals surface area contributed by atoms with E-state index in [1.165, 1.54) is 12.1 Å². The summed E-state index contributed by atoms with van der Waals surface area (Å²) in [6.07, 6.45) is 0.348. The maximum atomic E-state index is 12.5. The van der Waals surface area contributed by atoms with E-state index >= 15 is 0 Å². The molecule has 21 heavy (non-hydrogen) atoms. The summed E-state index contributed by atoms with van der Waals surface area (Å²) < 4.78 is 32.8. The highest BCUT2D eigenvalue weighted by atomic mass is 32.2. The maximum absolute atomic E-state index is 12.5. The molecule has 2 unspecified atom stereocenters. The lowest BCUT2D eigenvalue weighted by atomic mass is 10.2. The van der Waals surface area contributed by atoms with Gasteiger partial charge < -0.3 is 10.1 Å². The van der Waals surface area contributed by atoms with Crippen molar-refractivity contribution in [3.8, 4) is 0 Å². The van der Waals surface area contributed by atoms with Crippen molar-refractivity contribution in [3.05, 3.63) is 28.3 Å². The number of nitrogens with one attached hydrogen (secondary N) is 2. The summed E-state index contributed by atoms with van der Waals surface area (Å²) in [5.41, 5.74) is 0.0322. The van der Waals surface area contributed by atoms with Crippen molar-refractivity contribution in [3.63, 3.8) is 0 Å². The average molecular weight is 315 g/mol. The number of nitro benzene ring substituents is 1. The van der Waals surface area contributed by atoms with Gasteiger partial charge in [-0.25, -0.2) is 13.1 Å². The minimum absolute atomic E-state index is 0.140. The first-order chi connectivity index (χ1) is 9.85. The lowest BCUT2D eigenvalue weighted by Crippen LogP contribution is -2.39. The highest BCUT2D eigenvalue weighted by Crippen LogP contribution is 2.27. The van der Waals surface area contributed by atoms with E-state index < -0.39 is 14.9 Å². The van der Waals surface area contributed by atoms with Crippen molar-refractivity contribution in [1.29, 1.82) is 0 Å². The smallest absolute Gasteiger partial charge is 0.270 e. The first kappa shape index (κ1) is 15.7.